The van der Waals surface area contributed by atoms with E-state index < -0.39 is 35.5 Å². The van der Waals surface area contributed by atoms with Gasteiger partial charge in [0.05, 0.1) is 31.5 Å². The minimum Gasteiger partial charge on any atom is -0.475 e. The van der Waals surface area contributed by atoms with E-state index in [0.717, 1.165) is 10.5 Å². The van der Waals surface area contributed by atoms with Crippen molar-refractivity contribution in [3.05, 3.63) is 35.4 Å². The van der Waals surface area contributed by atoms with Crippen LogP contribution in [-0.2, 0) is 29.7 Å². The smallest absolute Gasteiger partial charge is 0.475 e. The largest absolute Gasteiger partial charge is 0.490 e. The van der Waals surface area contributed by atoms with Crippen molar-refractivity contribution in [3.8, 4) is 0 Å². The number of likely N-dealkylation sites (tertiary alicyclic amines) is 1. The molecule has 4 atom stereocenters. The molecule has 2 fully saturated rings. The number of fused-ring (bicyclic) bond motifs is 3. The number of amidine groups is 1. The molecule has 0 aromatic heterocycles. The second-order valence-corrected chi connectivity index (χ2v) is 9.59. The molecule has 9 nitrogen and oxygen atoms in total. The zero-order valence-corrected chi connectivity index (χ0v) is 20.9. The molecule has 13 heteroatoms. The maximum atomic E-state index is 13.1. The van der Waals surface area contributed by atoms with Crippen LogP contribution >= 0.6 is 11.8 Å². The van der Waals surface area contributed by atoms with Gasteiger partial charge in [-0.25, -0.2) is 9.59 Å². The first-order chi connectivity index (χ1) is 16.8. The third-order valence-corrected chi connectivity index (χ3v) is 7.75. The quantitative estimate of drug-likeness (QED) is 0.467. The SMILES string of the molecule is CC[C@]1(C(=O)OC)[C@H]2C(=O)N(C)C(=O)[C@H]2[C@H]2CN=C(SCc3ccc(C)cc3)N21.O=C(O)C(F)(F)F. The summed E-state index contributed by atoms with van der Waals surface area (Å²) in [5, 5.41) is 7.83. The average Bonchev–Trinajstić information content (AvgIpc) is 3.44. The molecule has 3 aliphatic heterocycles. The van der Waals surface area contributed by atoms with Crippen LogP contribution in [0.4, 0.5) is 13.2 Å². The van der Waals surface area contributed by atoms with E-state index in [9.17, 15) is 27.6 Å². The predicted molar refractivity (Wildman–Crippen MR) is 124 cm³/mol. The van der Waals surface area contributed by atoms with Crippen LogP contribution in [0.1, 0.15) is 24.5 Å². The van der Waals surface area contributed by atoms with Crippen LogP contribution in [0.5, 0.6) is 0 Å². The Balaban J connectivity index is 0.000000454. The van der Waals surface area contributed by atoms with Crippen molar-refractivity contribution in [3.63, 3.8) is 0 Å². The minimum atomic E-state index is -5.08. The Morgan fingerprint density at radius 2 is 1.81 bits per heavy atom. The fraction of sp³-hybridized carbons (Fsp3) is 0.522. The number of methoxy groups -OCH3 is 1. The van der Waals surface area contributed by atoms with Gasteiger partial charge >= 0.3 is 18.1 Å². The summed E-state index contributed by atoms with van der Waals surface area (Å²) in [6, 6.07) is 7.98. The molecule has 1 aromatic carbocycles. The highest BCUT2D eigenvalue weighted by Gasteiger charge is 2.72. The second kappa shape index (κ2) is 10.1. The number of aliphatic carboxylic acids is 1. The van der Waals surface area contributed by atoms with E-state index in [-0.39, 0.29) is 17.9 Å². The lowest BCUT2D eigenvalue weighted by atomic mass is 9.78. The molecule has 2 saturated heterocycles. The number of hydrogen-bond donors (Lipinski definition) is 1. The van der Waals surface area contributed by atoms with Crippen LogP contribution in [0.15, 0.2) is 29.3 Å². The van der Waals surface area contributed by atoms with Crippen molar-refractivity contribution in [2.24, 2.45) is 16.8 Å². The van der Waals surface area contributed by atoms with Crippen LogP contribution in [-0.4, -0.2) is 82.3 Å². The number of carbonyl (C=O) groups excluding carboxylic acids is 3. The highest BCUT2D eigenvalue weighted by molar-refractivity contribution is 8.13. The lowest BCUT2D eigenvalue weighted by molar-refractivity contribution is -0.192. The molecule has 3 heterocycles. The van der Waals surface area contributed by atoms with Gasteiger partial charge in [0.15, 0.2) is 10.7 Å². The molecule has 1 aromatic rings. The Morgan fingerprint density at radius 3 is 2.31 bits per heavy atom. The summed E-state index contributed by atoms with van der Waals surface area (Å²) >= 11 is 1.54. The molecule has 3 aliphatic rings. The van der Waals surface area contributed by atoms with Gasteiger partial charge in [0.2, 0.25) is 11.8 Å². The summed E-state index contributed by atoms with van der Waals surface area (Å²) in [6.45, 7) is 4.32. The number of hydrogen-bond acceptors (Lipinski definition) is 8. The number of carbonyl (C=O) groups is 4. The minimum absolute atomic E-state index is 0.228. The third kappa shape index (κ3) is 4.56. The van der Waals surface area contributed by atoms with E-state index in [1.54, 1.807) is 0 Å². The number of nitrogens with zero attached hydrogens (tertiary/aromatic N) is 3. The monoisotopic (exact) mass is 529 g/mol. The van der Waals surface area contributed by atoms with Crippen LogP contribution in [0.3, 0.4) is 0 Å². The van der Waals surface area contributed by atoms with Crippen molar-refractivity contribution in [2.45, 2.75) is 43.8 Å². The van der Waals surface area contributed by atoms with Gasteiger partial charge in [0.1, 0.15) is 0 Å². The second-order valence-electron chi connectivity index (χ2n) is 8.65. The maximum Gasteiger partial charge on any atom is 0.490 e. The predicted octanol–water partition coefficient (Wildman–Crippen LogP) is 2.47. The summed E-state index contributed by atoms with van der Waals surface area (Å²) in [7, 11) is 2.83. The van der Waals surface area contributed by atoms with Gasteiger partial charge in [-0.1, -0.05) is 48.5 Å². The van der Waals surface area contributed by atoms with Crippen molar-refractivity contribution in [1.29, 1.82) is 0 Å². The first-order valence-corrected chi connectivity index (χ1v) is 12.0. The first-order valence-electron chi connectivity index (χ1n) is 11.0. The zero-order valence-electron chi connectivity index (χ0n) is 20.0. The number of aliphatic imine (C=N–C) groups is 1. The summed E-state index contributed by atoms with van der Waals surface area (Å²) in [4.78, 5) is 55.5. The number of halogens is 3. The fourth-order valence-corrected chi connectivity index (χ4v) is 6.06. The van der Waals surface area contributed by atoms with Crippen LogP contribution in [0.25, 0.3) is 0 Å². The zero-order chi connectivity index (χ0) is 27.0. The molecular weight excluding hydrogens is 503 g/mol. The Morgan fingerprint density at radius 1 is 1.22 bits per heavy atom. The molecule has 2 amide bonds. The maximum absolute atomic E-state index is 13.1. The molecule has 4 rings (SSSR count). The summed E-state index contributed by atoms with van der Waals surface area (Å²) < 4.78 is 36.9. The van der Waals surface area contributed by atoms with Crippen LogP contribution in [0, 0.1) is 18.8 Å². The number of alkyl halides is 3. The van der Waals surface area contributed by atoms with Gasteiger partial charge in [-0.05, 0) is 18.9 Å². The number of imide groups is 1. The lowest BCUT2D eigenvalue weighted by Crippen LogP contribution is -2.59. The number of esters is 1. The number of carboxylic acid groups (broad SMARTS) is 1. The molecule has 0 saturated carbocycles. The van der Waals surface area contributed by atoms with E-state index in [2.05, 4.69) is 29.3 Å². The van der Waals surface area contributed by atoms with E-state index in [0.29, 0.717) is 23.9 Å². The van der Waals surface area contributed by atoms with E-state index in [4.69, 9.17) is 14.6 Å². The molecule has 196 valence electrons. The molecular formula is C23H26F3N3O6S. The standard InChI is InChI=1S/C21H25N3O4S.C2HF3O2/c1-5-21(19(27)28-4)16-15(17(25)23(3)18(16)26)14-10-22-20(24(14)21)29-11-13-8-6-12(2)7-9-13;3-2(4,5)1(6)7/h6-9,14-16H,5,10-11H2,1-4H3;(H,6,7)/t14-,15+,16-,21-;/m1./s1. The molecule has 0 radical (unpaired) electrons. The number of ether oxygens (including phenoxy) is 1. The molecule has 1 N–H and O–H groups in total. The van der Waals surface area contributed by atoms with Crippen molar-refractivity contribution < 1.29 is 42.2 Å². The normalized spacial score (nSPS) is 26.8. The fourth-order valence-electron chi connectivity index (χ4n) is 4.97. The number of carboxylic acids is 1. The van der Waals surface area contributed by atoms with E-state index in [1.165, 1.54) is 31.5 Å². The van der Waals surface area contributed by atoms with Gasteiger partial charge in [-0.15, -0.1) is 0 Å². The number of thioether (sulfide) groups is 1. The van der Waals surface area contributed by atoms with Gasteiger partial charge in [-0.2, -0.15) is 13.2 Å². The van der Waals surface area contributed by atoms with Gasteiger partial charge in [0.25, 0.3) is 0 Å². The summed E-state index contributed by atoms with van der Waals surface area (Å²) in [5.74, 6) is -4.35. The van der Waals surface area contributed by atoms with Crippen molar-refractivity contribution in [1.82, 2.24) is 9.80 Å². The van der Waals surface area contributed by atoms with E-state index >= 15 is 0 Å². The van der Waals surface area contributed by atoms with Crippen LogP contribution in [0.2, 0.25) is 0 Å². The Bertz CT molecular complexity index is 1090. The van der Waals surface area contributed by atoms with Gasteiger partial charge < -0.3 is 14.7 Å². The average molecular weight is 530 g/mol. The number of aryl methyl sites for hydroxylation is 1. The van der Waals surface area contributed by atoms with Crippen molar-refractivity contribution >= 4 is 40.7 Å². The molecule has 0 unspecified atom stereocenters. The molecule has 0 bridgehead atoms. The first kappa shape index (κ1) is 27.5. The highest BCUT2D eigenvalue weighted by Crippen LogP contribution is 2.53. The summed E-state index contributed by atoms with van der Waals surface area (Å²) in [6.07, 6.45) is -4.71. The topological polar surface area (TPSA) is 117 Å². The van der Waals surface area contributed by atoms with E-state index in [1.807, 2.05) is 18.7 Å². The molecule has 36 heavy (non-hydrogen) atoms. The van der Waals surface area contributed by atoms with Crippen LogP contribution < -0.4 is 0 Å². The number of benzene rings is 1. The molecule has 0 aliphatic carbocycles. The highest BCUT2D eigenvalue weighted by atomic mass is 32.2. The lowest BCUT2D eigenvalue weighted by Gasteiger charge is -2.39. The molecule has 0 spiro atoms. The third-order valence-electron chi connectivity index (χ3n) is 6.69. The number of rotatable bonds is 4. The van der Waals surface area contributed by atoms with Crippen molar-refractivity contribution in [2.75, 3.05) is 20.7 Å². The Hall–Kier alpha value is -3.09. The Kier molecular flexibility index (Phi) is 7.72. The van der Waals surface area contributed by atoms with Gasteiger partial charge in [-0.3, -0.25) is 19.5 Å². The van der Waals surface area contributed by atoms with Gasteiger partial charge in [0, 0.05) is 12.8 Å². The summed E-state index contributed by atoms with van der Waals surface area (Å²) in [5.41, 5.74) is 1.15. The number of amides is 2. The Labute approximate surface area is 209 Å².